The van der Waals surface area contributed by atoms with Crippen molar-refractivity contribution < 1.29 is 42.1 Å². The maximum atomic E-state index is 12.5. The van der Waals surface area contributed by atoms with Gasteiger partial charge < -0.3 is 18.9 Å². The summed E-state index contributed by atoms with van der Waals surface area (Å²) in [5.74, 6) is -0.836. The number of rotatable bonds is 27. The molecule has 0 aromatic rings. The van der Waals surface area contributed by atoms with Crippen molar-refractivity contribution in [1.29, 1.82) is 0 Å². The first-order chi connectivity index (χ1) is 19.5. The highest BCUT2D eigenvalue weighted by Crippen LogP contribution is 2.43. The Bertz CT molecular complexity index is 779. The van der Waals surface area contributed by atoms with E-state index in [1.807, 2.05) is 28.1 Å². The van der Waals surface area contributed by atoms with Gasteiger partial charge in [0.1, 0.15) is 19.8 Å². The van der Waals surface area contributed by atoms with E-state index in [0.717, 1.165) is 77.0 Å². The highest BCUT2D eigenvalue weighted by Gasteiger charge is 2.27. The Labute approximate surface area is 249 Å². The number of hydrogen-bond acceptors (Lipinski definition) is 7. The lowest BCUT2D eigenvalue weighted by atomic mass is 10.1. The van der Waals surface area contributed by atoms with Gasteiger partial charge in [-0.15, -0.1) is 0 Å². The maximum absolute atomic E-state index is 12.5. The highest BCUT2D eigenvalue weighted by molar-refractivity contribution is 7.47. The summed E-state index contributed by atoms with van der Waals surface area (Å²) in [5.41, 5.74) is 0. The molecule has 0 aromatic heterocycles. The van der Waals surface area contributed by atoms with Gasteiger partial charge >= 0.3 is 19.8 Å². The van der Waals surface area contributed by atoms with Gasteiger partial charge in [0, 0.05) is 12.8 Å². The van der Waals surface area contributed by atoms with Crippen LogP contribution >= 0.6 is 7.82 Å². The van der Waals surface area contributed by atoms with Gasteiger partial charge in [0.2, 0.25) is 0 Å². The fraction of sp³-hybridized carbons (Fsp3) is 0.806. The molecule has 0 rings (SSSR count). The molecule has 0 radical (unpaired) electrons. The van der Waals surface area contributed by atoms with Crippen LogP contribution in [0.4, 0.5) is 0 Å². The molecule has 0 saturated carbocycles. The normalized spacial score (nSPS) is 14.4. The molecule has 2 atom stereocenters. The third kappa shape index (κ3) is 28.4. The predicted molar refractivity (Wildman–Crippen MR) is 164 cm³/mol. The van der Waals surface area contributed by atoms with Gasteiger partial charge in [-0.2, -0.15) is 0 Å². The first kappa shape index (κ1) is 39.5. The topological polar surface area (TPSA) is 108 Å². The molecule has 0 aliphatic heterocycles. The summed E-state index contributed by atoms with van der Waals surface area (Å²) in [7, 11) is 1.46. The Morgan fingerprint density at radius 1 is 0.780 bits per heavy atom. The van der Waals surface area contributed by atoms with E-state index in [1.165, 1.54) is 0 Å². The zero-order valence-electron chi connectivity index (χ0n) is 26.5. The summed E-state index contributed by atoms with van der Waals surface area (Å²) < 4.78 is 33.8. The number of phosphoric ester groups is 1. The Balaban J connectivity index is 4.57. The van der Waals surface area contributed by atoms with E-state index in [9.17, 15) is 19.0 Å². The molecule has 0 bridgehead atoms. The van der Waals surface area contributed by atoms with Crippen molar-refractivity contribution in [3.05, 3.63) is 24.3 Å². The second-order valence-corrected chi connectivity index (χ2v) is 12.9. The number of likely N-dealkylation sites (N-methyl/N-ethyl adjacent to an activating group) is 1. The third-order valence-electron chi connectivity index (χ3n) is 6.31. The first-order valence-electron chi connectivity index (χ1n) is 15.5. The van der Waals surface area contributed by atoms with Gasteiger partial charge in [-0.1, -0.05) is 69.8 Å². The van der Waals surface area contributed by atoms with Crippen LogP contribution in [0.1, 0.15) is 110 Å². The van der Waals surface area contributed by atoms with E-state index in [4.69, 9.17) is 18.5 Å². The standard InChI is InChI=1S/C31H58NO8P/c1-6-8-10-12-14-16-18-20-22-24-31(34)40-29(28-39-41(35,36)38-26-25-32(3,4)5)27-37-30(33)23-21-19-17-15-13-11-9-7-2/h7-10,29H,6,11-28H2,1-5H3/p+1/b9-7-,10-8-/t29-/m1/s1. The summed E-state index contributed by atoms with van der Waals surface area (Å²) in [4.78, 5) is 34.8. The van der Waals surface area contributed by atoms with Crippen molar-refractivity contribution in [1.82, 2.24) is 0 Å². The van der Waals surface area contributed by atoms with Crippen molar-refractivity contribution >= 4 is 19.8 Å². The van der Waals surface area contributed by atoms with Crippen LogP contribution in [-0.2, 0) is 32.7 Å². The van der Waals surface area contributed by atoms with E-state index in [2.05, 4.69) is 31.2 Å². The molecule has 0 fully saturated rings. The molecule has 0 aromatic carbocycles. The van der Waals surface area contributed by atoms with Crippen molar-refractivity contribution in [2.75, 3.05) is 47.5 Å². The second kappa shape index (κ2) is 25.0. The Morgan fingerprint density at radius 2 is 1.34 bits per heavy atom. The number of esters is 2. The minimum Gasteiger partial charge on any atom is -0.462 e. The molecule has 41 heavy (non-hydrogen) atoms. The molecule has 0 spiro atoms. The van der Waals surface area contributed by atoms with E-state index in [-0.39, 0.29) is 32.0 Å². The number of hydrogen-bond donors (Lipinski definition) is 1. The molecule has 0 heterocycles. The fourth-order valence-corrected chi connectivity index (χ4v) is 4.58. The van der Waals surface area contributed by atoms with Gasteiger partial charge in [-0.05, 0) is 51.9 Å². The van der Waals surface area contributed by atoms with Gasteiger partial charge in [0.15, 0.2) is 6.10 Å². The van der Waals surface area contributed by atoms with E-state index in [1.54, 1.807) is 0 Å². The van der Waals surface area contributed by atoms with E-state index >= 15 is 0 Å². The highest BCUT2D eigenvalue weighted by atomic mass is 31.2. The number of carbonyl (C=O) groups excluding carboxylic acids is 2. The SMILES string of the molecule is C/C=C\CCCCCCCC(=O)OC[C@H](COP(=O)(O)OCC[N+](C)(C)C)OC(=O)CCCCCCC/C=C\CC. The quantitative estimate of drug-likeness (QED) is 0.0343. The monoisotopic (exact) mass is 604 g/mol. The van der Waals surface area contributed by atoms with Crippen LogP contribution in [0, 0.1) is 0 Å². The molecular weight excluding hydrogens is 545 g/mol. The maximum Gasteiger partial charge on any atom is 0.472 e. The Hall–Kier alpha value is -1.51. The summed E-state index contributed by atoms with van der Waals surface area (Å²) in [6.07, 6.45) is 21.3. The van der Waals surface area contributed by atoms with Gasteiger partial charge in [-0.3, -0.25) is 18.6 Å². The Kier molecular flexibility index (Phi) is 24.1. The molecular formula is C31H59NO8P+. The number of allylic oxidation sites excluding steroid dienone is 4. The van der Waals surface area contributed by atoms with E-state index < -0.39 is 26.5 Å². The van der Waals surface area contributed by atoms with Crippen LogP contribution in [-0.4, -0.2) is 74.9 Å². The smallest absolute Gasteiger partial charge is 0.462 e. The van der Waals surface area contributed by atoms with Gasteiger partial charge in [0.05, 0.1) is 27.7 Å². The molecule has 0 saturated heterocycles. The Morgan fingerprint density at radius 3 is 1.93 bits per heavy atom. The second-order valence-electron chi connectivity index (χ2n) is 11.5. The van der Waals surface area contributed by atoms with Crippen molar-refractivity contribution in [3.63, 3.8) is 0 Å². The average Bonchev–Trinajstić information content (AvgIpc) is 2.90. The van der Waals surface area contributed by atoms with Gasteiger partial charge in [-0.25, -0.2) is 4.57 Å². The predicted octanol–water partition coefficient (Wildman–Crippen LogP) is 7.28. The fourth-order valence-electron chi connectivity index (χ4n) is 3.84. The van der Waals surface area contributed by atoms with E-state index in [0.29, 0.717) is 17.4 Å². The number of ether oxygens (including phenoxy) is 2. The molecule has 0 aliphatic carbocycles. The molecule has 0 aliphatic rings. The number of nitrogens with zero attached hydrogens (tertiary/aromatic N) is 1. The van der Waals surface area contributed by atoms with Crippen molar-refractivity contribution in [2.45, 2.75) is 116 Å². The molecule has 1 N–H and O–H groups in total. The van der Waals surface area contributed by atoms with Crippen LogP contribution in [0.5, 0.6) is 0 Å². The van der Waals surface area contributed by atoms with Crippen LogP contribution in [0.25, 0.3) is 0 Å². The average molecular weight is 605 g/mol. The lowest BCUT2D eigenvalue weighted by Crippen LogP contribution is -2.37. The largest absolute Gasteiger partial charge is 0.472 e. The summed E-state index contributed by atoms with van der Waals surface area (Å²) >= 11 is 0. The lowest BCUT2D eigenvalue weighted by Gasteiger charge is -2.24. The number of quaternary nitrogens is 1. The summed E-state index contributed by atoms with van der Waals surface area (Å²) in [5, 5.41) is 0. The molecule has 240 valence electrons. The van der Waals surface area contributed by atoms with Crippen LogP contribution in [0.2, 0.25) is 0 Å². The first-order valence-corrected chi connectivity index (χ1v) is 17.0. The molecule has 0 amide bonds. The zero-order valence-corrected chi connectivity index (χ0v) is 27.4. The van der Waals surface area contributed by atoms with Crippen LogP contribution in [0.3, 0.4) is 0 Å². The molecule has 9 nitrogen and oxygen atoms in total. The van der Waals surface area contributed by atoms with Crippen molar-refractivity contribution in [2.24, 2.45) is 0 Å². The minimum atomic E-state index is -4.35. The van der Waals surface area contributed by atoms with Gasteiger partial charge in [0.25, 0.3) is 0 Å². The minimum absolute atomic E-state index is 0.0287. The zero-order chi connectivity index (χ0) is 30.8. The number of phosphoric acid groups is 1. The summed E-state index contributed by atoms with van der Waals surface area (Å²) in [6, 6.07) is 0. The summed E-state index contributed by atoms with van der Waals surface area (Å²) in [6.45, 7) is 4.03. The van der Waals surface area contributed by atoms with Crippen LogP contribution < -0.4 is 0 Å². The third-order valence-corrected chi connectivity index (χ3v) is 7.29. The lowest BCUT2D eigenvalue weighted by molar-refractivity contribution is -0.870. The number of unbranched alkanes of at least 4 members (excludes halogenated alkanes) is 10. The van der Waals surface area contributed by atoms with Crippen molar-refractivity contribution in [3.8, 4) is 0 Å². The number of carbonyl (C=O) groups is 2. The molecule has 1 unspecified atom stereocenters. The van der Waals surface area contributed by atoms with Crippen LogP contribution in [0.15, 0.2) is 24.3 Å². The molecule has 10 heteroatoms.